The molecule has 0 rings (SSSR count). The SMILES string of the molecule is COC(CSC[C@H](NC(C)=O)C(=O)O)OC. The van der Waals surface area contributed by atoms with Crippen LogP contribution in [0.3, 0.4) is 0 Å². The van der Waals surface area contributed by atoms with Crippen molar-refractivity contribution in [3.05, 3.63) is 0 Å². The van der Waals surface area contributed by atoms with Gasteiger partial charge in [-0.15, -0.1) is 0 Å². The minimum absolute atomic E-state index is 0.276. The van der Waals surface area contributed by atoms with Gasteiger partial charge in [0.25, 0.3) is 0 Å². The molecule has 0 aliphatic heterocycles. The van der Waals surface area contributed by atoms with Gasteiger partial charge in [0, 0.05) is 32.6 Å². The highest BCUT2D eigenvalue weighted by Gasteiger charge is 2.18. The zero-order valence-corrected chi connectivity index (χ0v) is 10.4. The maximum atomic E-state index is 10.8. The second kappa shape index (κ2) is 8.37. The first kappa shape index (κ1) is 15.2. The average Bonchev–Trinajstić information content (AvgIpc) is 2.22. The summed E-state index contributed by atoms with van der Waals surface area (Å²) in [5.41, 5.74) is 0. The molecule has 0 aliphatic carbocycles. The number of carbonyl (C=O) groups is 2. The number of carboxylic acids is 1. The van der Waals surface area contributed by atoms with Crippen molar-refractivity contribution in [1.82, 2.24) is 5.32 Å². The minimum Gasteiger partial charge on any atom is -0.480 e. The second-order valence-corrected chi connectivity index (χ2v) is 4.10. The highest BCUT2D eigenvalue weighted by atomic mass is 32.2. The number of ether oxygens (including phenoxy) is 2. The second-order valence-electron chi connectivity index (χ2n) is 3.03. The van der Waals surface area contributed by atoms with E-state index in [1.54, 1.807) is 0 Å². The van der Waals surface area contributed by atoms with Crippen molar-refractivity contribution in [2.45, 2.75) is 19.3 Å². The number of amides is 1. The summed E-state index contributed by atoms with van der Waals surface area (Å²) in [6, 6.07) is -0.878. The lowest BCUT2D eigenvalue weighted by Crippen LogP contribution is -2.41. The summed E-state index contributed by atoms with van der Waals surface area (Å²) in [6.07, 6.45) is -0.364. The van der Waals surface area contributed by atoms with E-state index >= 15 is 0 Å². The van der Waals surface area contributed by atoms with Gasteiger partial charge in [-0.2, -0.15) is 11.8 Å². The van der Waals surface area contributed by atoms with Gasteiger partial charge in [-0.1, -0.05) is 0 Å². The van der Waals surface area contributed by atoms with E-state index in [-0.39, 0.29) is 18.0 Å². The number of aliphatic carboxylic acids is 1. The van der Waals surface area contributed by atoms with Gasteiger partial charge in [-0.3, -0.25) is 4.79 Å². The molecule has 0 aliphatic rings. The topological polar surface area (TPSA) is 84.9 Å². The lowest BCUT2D eigenvalue weighted by molar-refractivity contribution is -0.140. The molecule has 0 fully saturated rings. The molecule has 6 nitrogen and oxygen atoms in total. The summed E-state index contributed by atoms with van der Waals surface area (Å²) in [5.74, 6) is -0.619. The maximum Gasteiger partial charge on any atom is 0.327 e. The molecule has 94 valence electrons. The zero-order valence-electron chi connectivity index (χ0n) is 9.56. The van der Waals surface area contributed by atoms with E-state index in [2.05, 4.69) is 5.32 Å². The summed E-state index contributed by atoms with van der Waals surface area (Å²) in [7, 11) is 3.02. The lowest BCUT2D eigenvalue weighted by Gasteiger charge is -2.15. The van der Waals surface area contributed by atoms with E-state index in [1.807, 2.05) is 0 Å². The molecule has 0 radical (unpaired) electrons. The number of rotatable bonds is 8. The Labute approximate surface area is 98.7 Å². The van der Waals surface area contributed by atoms with Gasteiger partial charge in [0.05, 0.1) is 0 Å². The van der Waals surface area contributed by atoms with Crippen LogP contribution in [0.1, 0.15) is 6.92 Å². The molecule has 7 heteroatoms. The van der Waals surface area contributed by atoms with E-state index in [0.717, 1.165) is 0 Å². The molecule has 1 atom stereocenters. The summed E-state index contributed by atoms with van der Waals surface area (Å²) in [5, 5.41) is 11.2. The monoisotopic (exact) mass is 251 g/mol. The molecule has 0 aromatic carbocycles. The predicted octanol–water partition coefficient (Wildman–Crippen LogP) is -0.0722. The van der Waals surface area contributed by atoms with Crippen LogP contribution in [0.25, 0.3) is 0 Å². The van der Waals surface area contributed by atoms with Gasteiger partial charge >= 0.3 is 5.97 Å². The first-order chi connectivity index (χ1) is 7.51. The van der Waals surface area contributed by atoms with Crippen molar-refractivity contribution in [2.24, 2.45) is 0 Å². The largest absolute Gasteiger partial charge is 0.480 e. The summed E-state index contributed by atoms with van der Waals surface area (Å²) >= 11 is 1.34. The van der Waals surface area contributed by atoms with Crippen LogP contribution in [-0.2, 0) is 19.1 Å². The van der Waals surface area contributed by atoms with Crippen molar-refractivity contribution < 1.29 is 24.2 Å². The fourth-order valence-corrected chi connectivity index (χ4v) is 2.00. The van der Waals surface area contributed by atoms with Crippen molar-refractivity contribution in [1.29, 1.82) is 0 Å². The molecule has 0 bridgehead atoms. The lowest BCUT2D eigenvalue weighted by atomic mass is 10.3. The highest BCUT2D eigenvalue weighted by Crippen LogP contribution is 2.08. The molecule has 0 heterocycles. The summed E-state index contributed by atoms with van der Waals surface area (Å²) < 4.78 is 9.89. The first-order valence-corrected chi connectivity index (χ1v) is 5.80. The number of carbonyl (C=O) groups excluding carboxylic acids is 1. The molecule has 0 spiro atoms. The summed E-state index contributed by atoms with van der Waals surface area (Å²) in [6.45, 7) is 1.29. The van der Waals surface area contributed by atoms with Crippen molar-refractivity contribution in [3.8, 4) is 0 Å². The molecular formula is C9H17NO5S. The van der Waals surface area contributed by atoms with Crippen molar-refractivity contribution in [3.63, 3.8) is 0 Å². The molecule has 0 aromatic heterocycles. The standard InChI is InChI=1S/C9H17NO5S/c1-6(11)10-7(9(12)13)4-16-5-8(14-2)15-3/h7-8H,4-5H2,1-3H3,(H,10,11)(H,12,13)/t7-/m0/s1. The number of methoxy groups -OCH3 is 2. The third kappa shape index (κ3) is 6.65. The third-order valence-electron chi connectivity index (χ3n) is 1.74. The molecule has 1 amide bonds. The van der Waals surface area contributed by atoms with Crippen LogP contribution in [0.5, 0.6) is 0 Å². The van der Waals surface area contributed by atoms with Crippen LogP contribution in [0.4, 0.5) is 0 Å². The Hall–Kier alpha value is -0.790. The van der Waals surface area contributed by atoms with Crippen molar-refractivity contribution in [2.75, 3.05) is 25.7 Å². The van der Waals surface area contributed by atoms with Gasteiger partial charge in [0.2, 0.25) is 5.91 Å². The number of hydrogen-bond acceptors (Lipinski definition) is 5. The Morgan fingerprint density at radius 3 is 2.25 bits per heavy atom. The normalized spacial score (nSPS) is 12.5. The van der Waals surface area contributed by atoms with Crippen LogP contribution >= 0.6 is 11.8 Å². The first-order valence-electron chi connectivity index (χ1n) is 4.64. The van der Waals surface area contributed by atoms with E-state index in [9.17, 15) is 9.59 Å². The number of hydrogen-bond donors (Lipinski definition) is 2. The van der Waals surface area contributed by atoms with E-state index in [0.29, 0.717) is 5.75 Å². The number of nitrogens with one attached hydrogen (secondary N) is 1. The molecule has 2 N–H and O–H groups in total. The molecule has 0 saturated heterocycles. The average molecular weight is 251 g/mol. The Balaban J connectivity index is 3.93. The van der Waals surface area contributed by atoms with Gasteiger partial charge in [0.1, 0.15) is 6.04 Å². The quantitative estimate of drug-likeness (QED) is 0.587. The molecule has 0 saturated carbocycles. The van der Waals surface area contributed by atoms with Crippen LogP contribution in [-0.4, -0.2) is 55.0 Å². The van der Waals surface area contributed by atoms with E-state index < -0.39 is 12.0 Å². The smallest absolute Gasteiger partial charge is 0.327 e. The minimum atomic E-state index is -1.05. The Morgan fingerprint density at radius 2 is 1.88 bits per heavy atom. The van der Waals surface area contributed by atoms with Gasteiger partial charge in [-0.25, -0.2) is 4.79 Å². The number of thioether (sulfide) groups is 1. The molecular weight excluding hydrogens is 234 g/mol. The predicted molar refractivity (Wildman–Crippen MR) is 60.4 cm³/mol. The molecule has 0 unspecified atom stereocenters. The molecule has 0 aromatic rings. The van der Waals surface area contributed by atoms with Crippen LogP contribution in [0.2, 0.25) is 0 Å². The maximum absolute atomic E-state index is 10.8. The van der Waals surface area contributed by atoms with E-state index in [4.69, 9.17) is 14.6 Å². The number of carboxylic acid groups (broad SMARTS) is 1. The van der Waals surface area contributed by atoms with Gasteiger partial charge in [-0.05, 0) is 0 Å². The van der Waals surface area contributed by atoms with Gasteiger partial charge in [0.15, 0.2) is 6.29 Å². The Morgan fingerprint density at radius 1 is 1.31 bits per heavy atom. The van der Waals surface area contributed by atoms with Gasteiger partial charge < -0.3 is 19.9 Å². The zero-order chi connectivity index (χ0) is 12.6. The third-order valence-corrected chi connectivity index (χ3v) is 2.82. The Bertz CT molecular complexity index is 232. The summed E-state index contributed by atoms with van der Waals surface area (Å²) in [4.78, 5) is 21.5. The van der Waals surface area contributed by atoms with Crippen LogP contribution in [0, 0.1) is 0 Å². The fraction of sp³-hybridized carbons (Fsp3) is 0.778. The van der Waals surface area contributed by atoms with Crippen LogP contribution in [0.15, 0.2) is 0 Å². The van der Waals surface area contributed by atoms with Crippen LogP contribution < -0.4 is 5.32 Å². The Kier molecular flexibility index (Phi) is 7.96. The van der Waals surface area contributed by atoms with Crippen molar-refractivity contribution >= 4 is 23.6 Å². The van der Waals surface area contributed by atoms with E-state index in [1.165, 1.54) is 32.9 Å². The fourth-order valence-electron chi connectivity index (χ4n) is 0.934. The molecule has 16 heavy (non-hydrogen) atoms. The highest BCUT2D eigenvalue weighted by molar-refractivity contribution is 7.99.